The molecule has 5 nitrogen and oxygen atoms in total. The van der Waals surface area contributed by atoms with Gasteiger partial charge >= 0.3 is 11.9 Å². The summed E-state index contributed by atoms with van der Waals surface area (Å²) in [6.07, 6.45) is 1.27. The second-order valence-electron chi connectivity index (χ2n) is 7.14. The lowest BCUT2D eigenvalue weighted by Gasteiger charge is -2.20. The van der Waals surface area contributed by atoms with Gasteiger partial charge in [0.25, 0.3) is 0 Å². The number of nitrogens with zero attached hydrogens (tertiary/aromatic N) is 1. The Hall–Kier alpha value is -3.13. The van der Waals surface area contributed by atoms with Crippen molar-refractivity contribution in [2.24, 2.45) is 11.3 Å². The number of hydrogen-bond acceptors (Lipinski definition) is 4. The first-order valence-corrected chi connectivity index (χ1v) is 9.43. The fourth-order valence-corrected chi connectivity index (χ4v) is 2.91. The molecule has 2 rings (SSSR count). The summed E-state index contributed by atoms with van der Waals surface area (Å²) >= 11 is 0. The third kappa shape index (κ3) is 8.18. The number of methoxy groups -OCH3 is 2. The van der Waals surface area contributed by atoms with E-state index in [2.05, 4.69) is 9.58 Å². The highest BCUT2D eigenvalue weighted by Gasteiger charge is 2.38. The zero-order chi connectivity index (χ0) is 21.7. The zero-order valence-corrected chi connectivity index (χ0v) is 17.6. The van der Waals surface area contributed by atoms with E-state index < -0.39 is 5.41 Å². The minimum atomic E-state index is -0.752. The summed E-state index contributed by atoms with van der Waals surface area (Å²) in [6, 6.07) is 19.6. The van der Waals surface area contributed by atoms with Gasteiger partial charge < -0.3 is 14.3 Å². The molecule has 0 saturated carbocycles. The fourth-order valence-electron chi connectivity index (χ4n) is 2.91. The number of benzene rings is 2. The molecule has 154 valence electrons. The lowest BCUT2D eigenvalue weighted by Crippen LogP contribution is -2.34. The Morgan fingerprint density at radius 2 is 1.48 bits per heavy atom. The van der Waals surface area contributed by atoms with Crippen LogP contribution in [0.2, 0.25) is 0 Å². The summed E-state index contributed by atoms with van der Waals surface area (Å²) in [5.41, 5.74) is 1.46. The molecule has 0 saturated heterocycles. The summed E-state index contributed by atoms with van der Waals surface area (Å²) in [4.78, 5) is 26.1. The highest BCUT2D eigenvalue weighted by Crippen LogP contribution is 2.24. The van der Waals surface area contributed by atoms with E-state index in [0.29, 0.717) is 6.42 Å². The van der Waals surface area contributed by atoms with E-state index >= 15 is 0 Å². The Labute approximate surface area is 173 Å². The maximum atomic E-state index is 11.7. The lowest BCUT2D eigenvalue weighted by molar-refractivity contribution is -0.150. The Morgan fingerprint density at radius 3 is 1.93 bits per heavy atom. The van der Waals surface area contributed by atoms with E-state index in [-0.39, 0.29) is 24.4 Å². The highest BCUT2D eigenvalue weighted by atomic mass is 16.5. The first-order valence-electron chi connectivity index (χ1n) is 9.43. The van der Waals surface area contributed by atoms with Crippen LogP contribution in [0.5, 0.6) is 0 Å². The number of esters is 2. The van der Waals surface area contributed by atoms with Crippen molar-refractivity contribution in [2.75, 3.05) is 20.8 Å². The molecule has 0 amide bonds. The lowest BCUT2D eigenvalue weighted by atomic mass is 9.83. The molecule has 5 heteroatoms. The summed E-state index contributed by atoms with van der Waals surface area (Å²) < 4.78 is 9.40. The monoisotopic (exact) mass is 395 g/mol. The second-order valence-corrected chi connectivity index (χ2v) is 7.14. The van der Waals surface area contributed by atoms with E-state index in [1.54, 1.807) is 6.92 Å². The van der Waals surface area contributed by atoms with Crippen LogP contribution in [0.25, 0.3) is 4.85 Å². The largest absolute Gasteiger partial charge is 0.469 e. The number of hydrogen-bond donors (Lipinski definition) is 0. The Morgan fingerprint density at radius 1 is 0.966 bits per heavy atom. The van der Waals surface area contributed by atoms with Crippen molar-refractivity contribution in [3.63, 3.8) is 0 Å². The van der Waals surface area contributed by atoms with Gasteiger partial charge in [0, 0.05) is 0 Å². The number of carbonyl (C=O) groups excluding carboxylic acids is 2. The first-order chi connectivity index (χ1) is 13.9. The Bertz CT molecular complexity index is 799. The Balaban J connectivity index is 0.000000296. The van der Waals surface area contributed by atoms with Gasteiger partial charge in [0.1, 0.15) is 5.41 Å². The van der Waals surface area contributed by atoms with Crippen LogP contribution < -0.4 is 0 Å². The molecular weight excluding hydrogens is 366 g/mol. The van der Waals surface area contributed by atoms with Gasteiger partial charge in [-0.3, -0.25) is 9.59 Å². The van der Waals surface area contributed by atoms with Crippen molar-refractivity contribution in [2.45, 2.75) is 26.7 Å². The minimum absolute atomic E-state index is 0.0626. The van der Waals surface area contributed by atoms with Crippen LogP contribution >= 0.6 is 0 Å². The molecule has 0 aliphatic heterocycles. The predicted molar refractivity (Wildman–Crippen MR) is 113 cm³/mol. The van der Waals surface area contributed by atoms with Crippen LogP contribution in [0, 0.1) is 17.9 Å². The fraction of sp³-hybridized carbons (Fsp3) is 0.375. The van der Waals surface area contributed by atoms with Crippen LogP contribution in [0.4, 0.5) is 0 Å². The Kier molecular flexibility index (Phi) is 10.2. The van der Waals surface area contributed by atoms with Gasteiger partial charge in [0.05, 0.1) is 20.1 Å². The molecule has 0 bridgehead atoms. The maximum absolute atomic E-state index is 11.7. The van der Waals surface area contributed by atoms with Crippen LogP contribution in [-0.2, 0) is 31.9 Å². The van der Waals surface area contributed by atoms with Gasteiger partial charge in [0.2, 0.25) is 6.54 Å². The highest BCUT2D eigenvalue weighted by molar-refractivity contribution is 5.77. The van der Waals surface area contributed by atoms with Gasteiger partial charge in [-0.1, -0.05) is 67.6 Å². The number of carbonyl (C=O) groups is 2. The zero-order valence-electron chi connectivity index (χ0n) is 17.6. The molecule has 2 unspecified atom stereocenters. The molecule has 2 aromatic carbocycles. The number of rotatable bonds is 7. The van der Waals surface area contributed by atoms with E-state index in [0.717, 1.165) is 12.0 Å². The van der Waals surface area contributed by atoms with E-state index in [1.165, 1.54) is 19.8 Å². The van der Waals surface area contributed by atoms with Gasteiger partial charge in [-0.05, 0) is 30.9 Å². The van der Waals surface area contributed by atoms with Crippen molar-refractivity contribution >= 4 is 11.9 Å². The second kappa shape index (κ2) is 12.4. The summed E-state index contributed by atoms with van der Waals surface area (Å²) in [6.45, 7) is 10.7. The van der Waals surface area contributed by atoms with Crippen molar-refractivity contribution in [3.05, 3.63) is 83.2 Å². The van der Waals surface area contributed by atoms with Gasteiger partial charge in [-0.25, -0.2) is 6.57 Å². The normalized spacial score (nSPS) is 12.9. The molecule has 29 heavy (non-hydrogen) atoms. The summed E-state index contributed by atoms with van der Waals surface area (Å²) in [7, 11) is 2.78. The number of ether oxygens (including phenoxy) is 2. The molecule has 0 aromatic heterocycles. The van der Waals surface area contributed by atoms with Crippen LogP contribution in [-0.4, -0.2) is 32.7 Å². The quantitative estimate of drug-likeness (QED) is 0.516. The van der Waals surface area contributed by atoms with Crippen LogP contribution in [0.3, 0.4) is 0 Å². The molecule has 0 aliphatic carbocycles. The van der Waals surface area contributed by atoms with Crippen molar-refractivity contribution in [1.82, 2.24) is 0 Å². The molecule has 0 aliphatic rings. The average Bonchev–Trinajstić information content (AvgIpc) is 2.74. The molecule has 0 N–H and O–H groups in total. The smallest absolute Gasteiger partial charge is 0.319 e. The first kappa shape index (κ1) is 23.9. The molecule has 0 fully saturated rings. The van der Waals surface area contributed by atoms with Gasteiger partial charge in [0.15, 0.2) is 0 Å². The average molecular weight is 395 g/mol. The van der Waals surface area contributed by atoms with Crippen molar-refractivity contribution in [1.29, 1.82) is 0 Å². The van der Waals surface area contributed by atoms with E-state index in [1.807, 2.05) is 67.6 Å². The molecule has 2 atom stereocenters. The third-order valence-corrected chi connectivity index (χ3v) is 4.53. The molecule has 0 spiro atoms. The molecule has 2 aromatic rings. The standard InChI is InChI=1S/C13H15NO2.C11H14O2/c1-13(10-14-2,12(15)16-3)9-11-7-5-4-6-8-11;1-9(11(12)13-2)8-10-6-4-3-5-7-10/h4-8H,9-10H2,1,3H3;3-7,9H,8H2,1-2H3. The molecule has 0 heterocycles. The van der Waals surface area contributed by atoms with Crippen molar-refractivity contribution in [3.8, 4) is 0 Å². The summed E-state index contributed by atoms with van der Waals surface area (Å²) in [5, 5.41) is 0. The molecular formula is C24H29NO4. The SMILES string of the molecule is COC(=O)C(C)Cc1ccccc1.[C-]#[N+]CC(C)(Cc1ccccc1)C(=O)OC. The minimum Gasteiger partial charge on any atom is -0.469 e. The van der Waals surface area contributed by atoms with Gasteiger partial charge in [-0.2, -0.15) is 0 Å². The topological polar surface area (TPSA) is 57.0 Å². The van der Waals surface area contributed by atoms with Crippen LogP contribution in [0.15, 0.2) is 60.7 Å². The van der Waals surface area contributed by atoms with Crippen molar-refractivity contribution < 1.29 is 19.1 Å². The maximum Gasteiger partial charge on any atom is 0.319 e. The van der Waals surface area contributed by atoms with Crippen LogP contribution in [0.1, 0.15) is 25.0 Å². The van der Waals surface area contributed by atoms with Gasteiger partial charge in [-0.15, -0.1) is 0 Å². The van der Waals surface area contributed by atoms with E-state index in [9.17, 15) is 9.59 Å². The van der Waals surface area contributed by atoms with E-state index in [4.69, 9.17) is 11.3 Å². The summed E-state index contributed by atoms with van der Waals surface area (Å²) in [5.74, 6) is -0.538. The molecule has 0 radical (unpaired) electrons. The third-order valence-electron chi connectivity index (χ3n) is 4.53. The predicted octanol–water partition coefficient (Wildman–Crippen LogP) is 4.37.